The molecule has 1 aliphatic carbocycles. The third-order valence-corrected chi connectivity index (χ3v) is 4.26. The first-order valence-electron chi connectivity index (χ1n) is 7.14. The molecule has 0 bridgehead atoms. The highest BCUT2D eigenvalue weighted by Gasteiger charge is 2.33. The minimum absolute atomic E-state index is 0.266. The van der Waals surface area contributed by atoms with Gasteiger partial charge in [-0.15, -0.1) is 0 Å². The first-order valence-corrected chi connectivity index (χ1v) is 7.14. The van der Waals surface area contributed by atoms with Crippen LogP contribution in [-0.4, -0.2) is 5.16 Å². The van der Waals surface area contributed by atoms with Crippen molar-refractivity contribution in [3.8, 4) is 11.1 Å². The van der Waals surface area contributed by atoms with E-state index in [1.807, 2.05) is 0 Å². The molecule has 3 heteroatoms. The van der Waals surface area contributed by atoms with E-state index < -0.39 is 0 Å². The maximum atomic E-state index is 6.04. The molecule has 0 aliphatic heterocycles. The lowest BCUT2D eigenvalue weighted by atomic mass is 9.75. The zero-order chi connectivity index (χ0) is 14.4. The fourth-order valence-electron chi connectivity index (χ4n) is 3.06. The van der Waals surface area contributed by atoms with Gasteiger partial charge in [-0.05, 0) is 30.0 Å². The third kappa shape index (κ3) is 1.85. The second-order valence-corrected chi connectivity index (χ2v) is 5.63. The third-order valence-electron chi connectivity index (χ3n) is 4.26. The number of rotatable bonds is 2. The fourth-order valence-corrected chi connectivity index (χ4v) is 3.06. The Balaban J connectivity index is 1.81. The first-order chi connectivity index (χ1) is 10.2. The number of fused-ring (bicyclic) bond motifs is 1. The van der Waals surface area contributed by atoms with Gasteiger partial charge in [0.1, 0.15) is 0 Å². The highest BCUT2D eigenvalue weighted by molar-refractivity contribution is 5.77. The molecule has 3 aromatic rings. The van der Waals surface area contributed by atoms with Crippen molar-refractivity contribution in [2.24, 2.45) is 0 Å². The van der Waals surface area contributed by atoms with Gasteiger partial charge in [-0.25, -0.2) is 0 Å². The summed E-state index contributed by atoms with van der Waals surface area (Å²) in [6.45, 7) is 2.07. The minimum Gasteiger partial charge on any atom is -0.380 e. The molecule has 0 saturated heterocycles. The van der Waals surface area contributed by atoms with Crippen LogP contribution in [0.25, 0.3) is 11.1 Å². The molecule has 0 radical (unpaired) electrons. The summed E-state index contributed by atoms with van der Waals surface area (Å²) in [7, 11) is 0. The fraction of sp³-hybridized carbons (Fsp3) is 0.167. The van der Waals surface area contributed by atoms with Crippen molar-refractivity contribution in [2.75, 3.05) is 5.73 Å². The summed E-state index contributed by atoms with van der Waals surface area (Å²) in [4.78, 5) is 0. The minimum atomic E-state index is 0.266. The highest BCUT2D eigenvalue weighted by Crippen LogP contribution is 2.45. The molecular weight excluding hydrogens is 260 g/mol. The SMILES string of the molecule is Cc1ccc(-c2c(N)noc2C2Cc3ccccc32)cc1. The van der Waals surface area contributed by atoms with Crippen molar-refractivity contribution in [1.82, 2.24) is 5.16 Å². The van der Waals surface area contributed by atoms with Gasteiger partial charge in [-0.1, -0.05) is 59.3 Å². The van der Waals surface area contributed by atoms with Gasteiger partial charge in [0.05, 0.1) is 5.56 Å². The van der Waals surface area contributed by atoms with Gasteiger partial charge in [0.15, 0.2) is 11.6 Å². The average molecular weight is 276 g/mol. The molecular formula is C18H16N2O. The molecule has 4 rings (SSSR count). The van der Waals surface area contributed by atoms with Crippen LogP contribution in [-0.2, 0) is 6.42 Å². The molecule has 2 N–H and O–H groups in total. The second kappa shape index (κ2) is 4.48. The van der Waals surface area contributed by atoms with E-state index in [1.165, 1.54) is 16.7 Å². The van der Waals surface area contributed by atoms with Crippen LogP contribution >= 0.6 is 0 Å². The molecule has 3 nitrogen and oxygen atoms in total. The number of nitrogen functional groups attached to an aromatic ring is 1. The molecule has 0 spiro atoms. The maximum absolute atomic E-state index is 6.04. The highest BCUT2D eigenvalue weighted by atomic mass is 16.5. The number of anilines is 1. The van der Waals surface area contributed by atoms with E-state index in [0.29, 0.717) is 5.82 Å². The lowest BCUT2D eigenvalue weighted by Gasteiger charge is -2.28. The standard InChI is InChI=1S/C18H16N2O/c1-11-6-8-12(9-7-11)16-17(21-20-18(16)19)15-10-13-4-2-3-5-14(13)15/h2-9,15H,10H2,1H3,(H2,19,20). The van der Waals surface area contributed by atoms with Gasteiger partial charge in [0.2, 0.25) is 0 Å². The summed E-state index contributed by atoms with van der Waals surface area (Å²) in [6, 6.07) is 16.8. The summed E-state index contributed by atoms with van der Waals surface area (Å²) in [5.41, 5.74) is 12.0. The summed E-state index contributed by atoms with van der Waals surface area (Å²) in [5, 5.41) is 3.99. The van der Waals surface area contributed by atoms with Crippen LogP contribution in [0, 0.1) is 6.92 Å². The second-order valence-electron chi connectivity index (χ2n) is 5.63. The van der Waals surface area contributed by atoms with Crippen molar-refractivity contribution in [1.29, 1.82) is 0 Å². The summed E-state index contributed by atoms with van der Waals surface area (Å²) >= 11 is 0. The van der Waals surface area contributed by atoms with E-state index in [-0.39, 0.29) is 5.92 Å². The predicted octanol–water partition coefficient (Wildman–Crippen LogP) is 3.92. The van der Waals surface area contributed by atoms with Crippen LogP contribution < -0.4 is 5.73 Å². The smallest absolute Gasteiger partial charge is 0.175 e. The molecule has 1 atom stereocenters. The largest absolute Gasteiger partial charge is 0.380 e. The Morgan fingerprint density at radius 3 is 2.62 bits per heavy atom. The van der Waals surface area contributed by atoms with Crippen LogP contribution in [0.4, 0.5) is 5.82 Å². The van der Waals surface area contributed by atoms with Crippen molar-refractivity contribution in [3.63, 3.8) is 0 Å². The van der Waals surface area contributed by atoms with Gasteiger partial charge < -0.3 is 10.3 Å². The van der Waals surface area contributed by atoms with Crippen molar-refractivity contribution in [2.45, 2.75) is 19.3 Å². The van der Waals surface area contributed by atoms with E-state index in [4.69, 9.17) is 10.3 Å². The topological polar surface area (TPSA) is 52.0 Å². The Morgan fingerprint density at radius 1 is 1.10 bits per heavy atom. The van der Waals surface area contributed by atoms with E-state index in [9.17, 15) is 0 Å². The van der Waals surface area contributed by atoms with E-state index >= 15 is 0 Å². The number of hydrogen-bond acceptors (Lipinski definition) is 3. The maximum Gasteiger partial charge on any atom is 0.175 e. The van der Waals surface area contributed by atoms with Gasteiger partial charge >= 0.3 is 0 Å². The normalized spacial score (nSPS) is 16.3. The molecule has 1 aliphatic rings. The average Bonchev–Trinajstić information content (AvgIpc) is 2.83. The molecule has 1 unspecified atom stereocenters. The molecule has 2 aromatic carbocycles. The summed E-state index contributed by atoms with van der Waals surface area (Å²) in [6.07, 6.45) is 0.990. The number of aryl methyl sites for hydroxylation is 1. The van der Waals surface area contributed by atoms with Gasteiger partial charge in [-0.2, -0.15) is 0 Å². The molecule has 1 aromatic heterocycles. The van der Waals surface area contributed by atoms with Crippen molar-refractivity contribution in [3.05, 3.63) is 71.0 Å². The number of nitrogens with two attached hydrogens (primary N) is 1. The molecule has 0 amide bonds. The van der Waals surface area contributed by atoms with Gasteiger partial charge in [-0.3, -0.25) is 0 Å². The quantitative estimate of drug-likeness (QED) is 0.771. The Labute approximate surface area is 123 Å². The first kappa shape index (κ1) is 12.2. The van der Waals surface area contributed by atoms with Crippen LogP contribution in [0.2, 0.25) is 0 Å². The molecule has 21 heavy (non-hydrogen) atoms. The lowest BCUT2D eigenvalue weighted by Crippen LogP contribution is -2.18. The van der Waals surface area contributed by atoms with E-state index in [1.54, 1.807) is 0 Å². The molecule has 104 valence electrons. The van der Waals surface area contributed by atoms with Gasteiger partial charge in [0, 0.05) is 5.92 Å². The molecule has 0 fully saturated rings. The Morgan fingerprint density at radius 2 is 1.86 bits per heavy atom. The van der Waals surface area contributed by atoms with Crippen molar-refractivity contribution < 1.29 is 4.52 Å². The lowest BCUT2D eigenvalue weighted by molar-refractivity contribution is 0.365. The number of aromatic nitrogens is 1. The van der Waals surface area contributed by atoms with Crippen LogP contribution in [0.5, 0.6) is 0 Å². The molecule has 0 saturated carbocycles. The Kier molecular flexibility index (Phi) is 2.61. The van der Waals surface area contributed by atoms with E-state index in [0.717, 1.165) is 23.3 Å². The monoisotopic (exact) mass is 276 g/mol. The summed E-state index contributed by atoms with van der Waals surface area (Å²) in [5.74, 6) is 1.62. The molecule has 1 heterocycles. The Bertz CT molecular complexity index is 802. The van der Waals surface area contributed by atoms with E-state index in [2.05, 4.69) is 60.6 Å². The number of nitrogens with zero attached hydrogens (tertiary/aromatic N) is 1. The summed E-state index contributed by atoms with van der Waals surface area (Å²) < 4.78 is 5.57. The zero-order valence-electron chi connectivity index (χ0n) is 11.8. The number of benzene rings is 2. The van der Waals surface area contributed by atoms with Crippen LogP contribution in [0.15, 0.2) is 53.1 Å². The Hall–Kier alpha value is -2.55. The predicted molar refractivity (Wildman–Crippen MR) is 83.1 cm³/mol. The zero-order valence-corrected chi connectivity index (χ0v) is 11.8. The van der Waals surface area contributed by atoms with Crippen LogP contribution in [0.1, 0.15) is 28.4 Å². The number of hydrogen-bond donors (Lipinski definition) is 1. The van der Waals surface area contributed by atoms with Crippen LogP contribution in [0.3, 0.4) is 0 Å². The van der Waals surface area contributed by atoms with Crippen molar-refractivity contribution >= 4 is 5.82 Å². The van der Waals surface area contributed by atoms with Gasteiger partial charge in [0.25, 0.3) is 0 Å².